The zero-order valence-electron chi connectivity index (χ0n) is 36.7. The highest BCUT2D eigenvalue weighted by Gasteiger charge is 2.43. The molecule has 8 bridgehead atoms. The number of carbonyl (C=O) groups is 2. The van der Waals surface area contributed by atoms with E-state index < -0.39 is 18.2 Å². The minimum atomic E-state index is -0.771. The van der Waals surface area contributed by atoms with Gasteiger partial charge in [0, 0.05) is 65.3 Å². The Bertz CT molecular complexity index is 2340. The monoisotopic (exact) mass is 889 g/mol. The number of aliphatic hydroxyl groups excluding tert-OH is 1. The van der Waals surface area contributed by atoms with Crippen LogP contribution in [0.25, 0.3) is 0 Å². The van der Waals surface area contributed by atoms with Crippen molar-refractivity contribution in [1.82, 2.24) is 4.98 Å². The number of fused-ring (bicyclic) bond motifs is 9. The molecule has 3 aliphatic rings. The predicted octanol–water partition coefficient (Wildman–Crippen LogP) is 9.98. The number of nitrogens with one attached hydrogen (secondary N) is 1. The number of H-pyrrole nitrogens is 1. The van der Waals surface area contributed by atoms with Gasteiger partial charge in [-0.1, -0.05) is 103 Å². The molecule has 7 rings (SSSR count). The summed E-state index contributed by atoms with van der Waals surface area (Å²) < 4.78 is 6.14. The summed E-state index contributed by atoms with van der Waals surface area (Å²) in [5.74, 6) is 8.45. The van der Waals surface area contributed by atoms with Gasteiger partial charge in [0.15, 0.2) is 23.1 Å². The highest BCUT2D eigenvalue weighted by Crippen LogP contribution is 2.50. The smallest absolute Gasteiger partial charge is 0.165 e. The predicted molar refractivity (Wildman–Crippen MR) is 255 cm³/mol. The molecule has 0 radical (unpaired) electrons. The number of carbonyl (C=O) groups excluding carboxylic acids is 2. The number of benzene rings is 3. The van der Waals surface area contributed by atoms with Crippen molar-refractivity contribution in [3.05, 3.63) is 123 Å². The average Bonchev–Trinajstić information content (AvgIpc) is 3.87. The third-order valence-corrected chi connectivity index (χ3v) is 15.7. The number of allylic oxidation sites excluding steroid dienone is 2. The van der Waals surface area contributed by atoms with Crippen molar-refractivity contribution in [1.29, 1.82) is 0 Å². The quantitative estimate of drug-likeness (QED) is 0.0433. The number of hydrogen-bond donors (Lipinski definition) is 6. The number of nitrogens with two attached hydrogens (primary N) is 2. The topological polar surface area (TPSA) is 172 Å². The van der Waals surface area contributed by atoms with Gasteiger partial charge in [0.25, 0.3) is 0 Å². The molecule has 9 nitrogen and oxygen atoms in total. The average molecular weight is 890 g/mol. The molecule has 8 N–H and O–H groups in total. The number of Topliss-reactive ketones (excluding diaryl/α,β-unsaturated/α-hetero) is 1. The first kappa shape index (κ1) is 46.5. The van der Waals surface area contributed by atoms with Crippen LogP contribution in [0.15, 0.2) is 72.9 Å². The summed E-state index contributed by atoms with van der Waals surface area (Å²) in [6.07, 6.45) is 14.4. The number of aromatic amines is 1. The molecule has 63 heavy (non-hydrogen) atoms. The van der Waals surface area contributed by atoms with E-state index in [0.717, 1.165) is 58.5 Å². The summed E-state index contributed by atoms with van der Waals surface area (Å²) in [6, 6.07) is 16.5. The number of hydrogen-bond acceptors (Lipinski definition) is 10. The maximum Gasteiger partial charge on any atom is 0.165 e. The van der Waals surface area contributed by atoms with E-state index in [-0.39, 0.29) is 47.4 Å². The molecule has 0 spiro atoms. The number of ether oxygens (including phenoxy) is 1. The first-order valence-corrected chi connectivity index (χ1v) is 25.2. The third-order valence-electron chi connectivity index (χ3n) is 13.3. The van der Waals surface area contributed by atoms with Gasteiger partial charge in [0.1, 0.15) is 5.75 Å². The molecular formula is C52H63N3O6S2. The van der Waals surface area contributed by atoms with E-state index >= 15 is 0 Å². The largest absolute Gasteiger partial charge is 0.508 e. The SMILES string of the molecule is CCCCC[C@H](C)CC[C@@]12/C=C\C(=O)CCc3ccc(O)c(c3)OCCc3ccc(O)c(c3)[C@@H]3CC(=O)c4cc[nH]c4CC#Cc4cc(C(N)N)c(cc43)CSSC[C@H](C1)[C@@H](O)C2. The second kappa shape index (κ2) is 21.5. The van der Waals surface area contributed by atoms with Gasteiger partial charge in [0.05, 0.1) is 25.3 Å². The molecule has 1 aromatic heterocycles. The molecule has 3 aromatic carbocycles. The molecule has 0 unspecified atom stereocenters. The van der Waals surface area contributed by atoms with E-state index in [0.29, 0.717) is 66.2 Å². The van der Waals surface area contributed by atoms with Crippen LogP contribution < -0.4 is 16.2 Å². The van der Waals surface area contributed by atoms with Crippen molar-refractivity contribution in [2.24, 2.45) is 28.7 Å². The molecule has 2 heterocycles. The second-order valence-electron chi connectivity index (χ2n) is 18.1. The lowest BCUT2D eigenvalue weighted by Crippen LogP contribution is -2.22. The summed E-state index contributed by atoms with van der Waals surface area (Å²) in [4.78, 5) is 30.8. The van der Waals surface area contributed by atoms with Crippen molar-refractivity contribution in [3.63, 3.8) is 0 Å². The Morgan fingerprint density at radius 3 is 2.56 bits per heavy atom. The van der Waals surface area contributed by atoms with Crippen LogP contribution in [0.2, 0.25) is 0 Å². The molecule has 334 valence electrons. The van der Waals surface area contributed by atoms with Gasteiger partial charge in [-0.15, -0.1) is 0 Å². The third kappa shape index (κ3) is 11.8. The lowest BCUT2D eigenvalue weighted by molar-refractivity contribution is -0.114. The number of rotatable bonds is 8. The maximum atomic E-state index is 14.2. The second-order valence-corrected chi connectivity index (χ2v) is 20.6. The van der Waals surface area contributed by atoms with Crippen LogP contribution in [-0.2, 0) is 29.8 Å². The normalized spacial score (nSPS) is 23.0. The van der Waals surface area contributed by atoms with E-state index in [9.17, 15) is 24.9 Å². The van der Waals surface area contributed by atoms with Crippen molar-refractivity contribution in [2.45, 2.75) is 121 Å². The van der Waals surface area contributed by atoms with Crippen molar-refractivity contribution in [2.75, 3.05) is 12.4 Å². The number of aryl methyl sites for hydroxylation is 1. The van der Waals surface area contributed by atoms with Crippen molar-refractivity contribution >= 4 is 33.2 Å². The number of ketones is 2. The number of unbranched alkanes of at least 4 members (excludes halogenated alkanes) is 2. The van der Waals surface area contributed by atoms with Crippen LogP contribution in [-0.4, -0.2) is 50.3 Å². The Hall–Kier alpha value is -4.44. The molecule has 0 amide bonds. The zero-order chi connectivity index (χ0) is 44.5. The Morgan fingerprint density at radius 2 is 1.75 bits per heavy atom. The molecular weight excluding hydrogens is 827 g/mol. The first-order valence-electron chi connectivity index (χ1n) is 22.7. The number of aromatic nitrogens is 1. The highest BCUT2D eigenvalue weighted by molar-refractivity contribution is 8.76. The van der Waals surface area contributed by atoms with Crippen LogP contribution in [0, 0.1) is 29.1 Å². The summed E-state index contributed by atoms with van der Waals surface area (Å²) in [5, 5.41) is 33.9. The molecule has 11 heteroatoms. The van der Waals surface area contributed by atoms with E-state index in [1.807, 2.05) is 24.3 Å². The summed E-state index contributed by atoms with van der Waals surface area (Å²) in [5.41, 5.74) is 19.6. The van der Waals surface area contributed by atoms with E-state index in [4.69, 9.17) is 16.2 Å². The molecule has 1 saturated carbocycles. The van der Waals surface area contributed by atoms with E-state index in [2.05, 4.69) is 42.8 Å². The minimum Gasteiger partial charge on any atom is -0.508 e. The van der Waals surface area contributed by atoms with Gasteiger partial charge in [-0.25, -0.2) is 0 Å². The zero-order valence-corrected chi connectivity index (χ0v) is 38.3. The van der Waals surface area contributed by atoms with Gasteiger partial charge in [-0.2, -0.15) is 0 Å². The molecule has 2 aliphatic carbocycles. The van der Waals surface area contributed by atoms with Crippen LogP contribution >= 0.6 is 21.6 Å². The first-order chi connectivity index (χ1) is 30.4. The lowest BCUT2D eigenvalue weighted by atomic mass is 9.77. The molecule has 0 saturated heterocycles. The molecule has 1 aliphatic heterocycles. The Morgan fingerprint density at radius 1 is 0.937 bits per heavy atom. The summed E-state index contributed by atoms with van der Waals surface area (Å²) in [6.45, 7) is 4.80. The Labute approximate surface area is 380 Å². The molecule has 4 aromatic rings. The number of phenolic OH excluding ortho intramolecular Hbond substituents is 2. The van der Waals surface area contributed by atoms with Gasteiger partial charge >= 0.3 is 0 Å². The van der Waals surface area contributed by atoms with Crippen LogP contribution in [0.5, 0.6) is 17.2 Å². The molecule has 5 atom stereocenters. The fourth-order valence-electron chi connectivity index (χ4n) is 9.58. The summed E-state index contributed by atoms with van der Waals surface area (Å²) in [7, 11) is 3.41. The highest BCUT2D eigenvalue weighted by atomic mass is 33.1. The summed E-state index contributed by atoms with van der Waals surface area (Å²) >= 11 is 0. The van der Waals surface area contributed by atoms with Crippen LogP contribution in [0.3, 0.4) is 0 Å². The van der Waals surface area contributed by atoms with E-state index in [1.54, 1.807) is 58.1 Å². The Balaban J connectivity index is 1.24. The van der Waals surface area contributed by atoms with Crippen molar-refractivity contribution in [3.8, 4) is 29.1 Å². The fraction of sp³-hybridized carbons (Fsp3) is 0.462. The van der Waals surface area contributed by atoms with Gasteiger partial charge in [-0.3, -0.25) is 9.59 Å². The van der Waals surface area contributed by atoms with Gasteiger partial charge < -0.3 is 36.5 Å². The van der Waals surface area contributed by atoms with Gasteiger partial charge in [-0.05, 0) is 114 Å². The van der Waals surface area contributed by atoms with Crippen LogP contribution in [0.4, 0.5) is 0 Å². The number of phenols is 2. The number of aromatic hydroxyl groups is 2. The maximum absolute atomic E-state index is 14.2. The van der Waals surface area contributed by atoms with Crippen molar-refractivity contribution < 1.29 is 29.6 Å². The molecule has 1 fully saturated rings. The number of aliphatic hydroxyl groups is 1. The van der Waals surface area contributed by atoms with Crippen LogP contribution in [0.1, 0.15) is 145 Å². The standard InChI is InChI=1S/C52H63N3O6S2/c1-3-4-5-7-33(2)16-20-52-21-17-39(56)13-10-34-12-15-47(58)50(25-34)61-23-19-35-11-14-46(57)44(24-35)43-28-48(59)40-18-22-55-45(40)9-6-8-36-26-42(51(53)54)37(27-41(36)43)31-62-63-32-38(29-52)49(60)30-52/h11-12,14-15,17-18,21-22,24-27,33,38,43,49,51,55,57-58,60H,3-5,7,9-10,13,16,19-20,23,28-32,53-54H2,1-2H3/b21-17-/t33-,38-,43+,49-,52+/m0/s1. The fourth-order valence-corrected chi connectivity index (χ4v) is 12.1. The lowest BCUT2D eigenvalue weighted by Gasteiger charge is -2.27. The van der Waals surface area contributed by atoms with Gasteiger partial charge in [0.2, 0.25) is 0 Å². The van der Waals surface area contributed by atoms with E-state index in [1.165, 1.54) is 25.7 Å². The minimum absolute atomic E-state index is 0.0134. The Kier molecular flexibility index (Phi) is 15.9.